The number of esters is 1. The molecule has 2 rings (SSSR count). The molecule has 0 bridgehead atoms. The number of aromatic nitrogens is 1. The zero-order chi connectivity index (χ0) is 18.2. The summed E-state index contributed by atoms with van der Waals surface area (Å²) in [5.41, 5.74) is 2.24. The minimum Gasteiger partial charge on any atom is -0.454 e. The maximum atomic E-state index is 11.9. The predicted molar refractivity (Wildman–Crippen MR) is 101 cm³/mol. The Kier molecular flexibility index (Phi) is 7.31. The molecule has 1 aromatic carbocycles. The Morgan fingerprint density at radius 2 is 2.08 bits per heavy atom. The van der Waals surface area contributed by atoms with Gasteiger partial charge in [-0.25, -0.2) is 0 Å². The van der Waals surface area contributed by atoms with Crippen molar-refractivity contribution in [2.75, 3.05) is 20.6 Å². The molecule has 1 aromatic heterocycles. The Morgan fingerprint density at radius 1 is 1.28 bits per heavy atom. The molecule has 1 atom stereocenters. The summed E-state index contributed by atoms with van der Waals surface area (Å²) in [5.74, 6) is 0.552. The first-order chi connectivity index (χ1) is 12.0. The summed E-state index contributed by atoms with van der Waals surface area (Å²) in [7, 11) is 4.12. The first kappa shape index (κ1) is 19.3. The maximum absolute atomic E-state index is 11.9. The van der Waals surface area contributed by atoms with Crippen LogP contribution in [0.4, 0.5) is 0 Å². The molecule has 5 heteroatoms. The summed E-state index contributed by atoms with van der Waals surface area (Å²) in [6, 6.07) is 5.90. The summed E-state index contributed by atoms with van der Waals surface area (Å²) in [5, 5.41) is 1.07. The van der Waals surface area contributed by atoms with Gasteiger partial charge in [-0.3, -0.25) is 4.79 Å². The van der Waals surface area contributed by atoms with E-state index in [0.717, 1.165) is 48.9 Å². The van der Waals surface area contributed by atoms with Crippen LogP contribution in [0.1, 0.15) is 45.1 Å². The molecule has 1 unspecified atom stereocenters. The highest BCUT2D eigenvalue weighted by Gasteiger charge is 2.15. The summed E-state index contributed by atoms with van der Waals surface area (Å²) in [6.07, 6.45) is 5.80. The minimum atomic E-state index is -0.601. The molecule has 0 aliphatic carbocycles. The summed E-state index contributed by atoms with van der Waals surface area (Å²) >= 11 is 0. The first-order valence-corrected chi connectivity index (χ1v) is 9.11. The molecule has 25 heavy (non-hydrogen) atoms. The van der Waals surface area contributed by atoms with Gasteiger partial charge in [0.05, 0.1) is 0 Å². The zero-order valence-electron chi connectivity index (χ0n) is 15.8. The van der Waals surface area contributed by atoms with Gasteiger partial charge in [-0.1, -0.05) is 25.8 Å². The van der Waals surface area contributed by atoms with Gasteiger partial charge in [-0.15, -0.1) is 0 Å². The molecule has 138 valence electrons. The highest BCUT2D eigenvalue weighted by atomic mass is 16.7. The second kappa shape index (κ2) is 9.47. The largest absolute Gasteiger partial charge is 0.454 e. The highest BCUT2D eigenvalue weighted by molar-refractivity contribution is 5.89. The van der Waals surface area contributed by atoms with Crippen LogP contribution in [0.3, 0.4) is 0 Å². The van der Waals surface area contributed by atoms with Gasteiger partial charge in [0.2, 0.25) is 6.29 Å². The molecule has 0 amide bonds. The smallest absolute Gasteiger partial charge is 0.308 e. The van der Waals surface area contributed by atoms with Crippen LogP contribution in [0.25, 0.3) is 10.9 Å². The number of rotatable bonds is 10. The van der Waals surface area contributed by atoms with E-state index in [0.29, 0.717) is 6.42 Å². The topological polar surface area (TPSA) is 54.6 Å². The van der Waals surface area contributed by atoms with Crippen LogP contribution >= 0.6 is 0 Å². The van der Waals surface area contributed by atoms with Gasteiger partial charge in [0.25, 0.3) is 0 Å². The molecule has 0 saturated carbocycles. The molecule has 1 N–H and O–H groups in total. The fourth-order valence-electron chi connectivity index (χ4n) is 2.83. The third-order valence-electron chi connectivity index (χ3n) is 4.15. The summed E-state index contributed by atoms with van der Waals surface area (Å²) < 4.78 is 11.3. The highest BCUT2D eigenvalue weighted by Crippen LogP contribution is 2.30. The van der Waals surface area contributed by atoms with E-state index in [9.17, 15) is 4.79 Å². The lowest BCUT2D eigenvalue weighted by molar-refractivity contribution is -0.161. The number of likely N-dealkylation sites (N-methyl/N-ethyl adjacent to an activating group) is 1. The van der Waals surface area contributed by atoms with Gasteiger partial charge < -0.3 is 19.4 Å². The number of aromatic amines is 1. The number of hydrogen-bond donors (Lipinski definition) is 1. The Balaban J connectivity index is 2.04. The Morgan fingerprint density at radius 3 is 2.80 bits per heavy atom. The van der Waals surface area contributed by atoms with E-state index in [1.165, 1.54) is 5.56 Å². The number of unbranched alkanes of at least 4 members (excludes halogenated alkanes) is 2. The van der Waals surface area contributed by atoms with Crippen LogP contribution in [0.2, 0.25) is 0 Å². The van der Waals surface area contributed by atoms with Gasteiger partial charge in [0.1, 0.15) is 5.75 Å². The lowest BCUT2D eigenvalue weighted by Gasteiger charge is -2.17. The van der Waals surface area contributed by atoms with Crippen LogP contribution in [0, 0.1) is 0 Å². The van der Waals surface area contributed by atoms with E-state index in [1.54, 1.807) is 6.92 Å². The van der Waals surface area contributed by atoms with Gasteiger partial charge in [-0.2, -0.15) is 0 Å². The van der Waals surface area contributed by atoms with E-state index in [-0.39, 0.29) is 5.97 Å². The summed E-state index contributed by atoms with van der Waals surface area (Å²) in [6.45, 7) is 4.84. The molecular formula is C20H30N2O3. The number of hydrogen-bond acceptors (Lipinski definition) is 4. The predicted octanol–water partition coefficient (Wildman–Crippen LogP) is 4.12. The quantitative estimate of drug-likeness (QED) is 0.399. The van der Waals surface area contributed by atoms with E-state index in [1.807, 2.05) is 24.4 Å². The Labute approximate surface area is 150 Å². The Bertz CT molecular complexity index is 679. The summed E-state index contributed by atoms with van der Waals surface area (Å²) in [4.78, 5) is 17.3. The second-order valence-electron chi connectivity index (χ2n) is 6.68. The van der Waals surface area contributed by atoms with Crippen molar-refractivity contribution < 1.29 is 14.3 Å². The number of ether oxygens (including phenoxy) is 2. The fourth-order valence-corrected chi connectivity index (χ4v) is 2.83. The molecule has 0 saturated heterocycles. The van der Waals surface area contributed by atoms with Crippen LogP contribution in [-0.2, 0) is 16.0 Å². The normalized spacial score (nSPS) is 12.5. The van der Waals surface area contributed by atoms with Crippen molar-refractivity contribution in [1.29, 1.82) is 0 Å². The molecule has 0 aliphatic rings. The van der Waals surface area contributed by atoms with Crippen molar-refractivity contribution in [2.24, 2.45) is 0 Å². The number of fused-ring (bicyclic) bond motifs is 1. The van der Waals surface area contributed by atoms with Crippen molar-refractivity contribution in [3.63, 3.8) is 0 Å². The van der Waals surface area contributed by atoms with E-state index < -0.39 is 6.29 Å². The lowest BCUT2D eigenvalue weighted by Crippen LogP contribution is -2.21. The van der Waals surface area contributed by atoms with Gasteiger partial charge >= 0.3 is 5.97 Å². The van der Waals surface area contributed by atoms with Gasteiger partial charge in [0, 0.05) is 37.0 Å². The van der Waals surface area contributed by atoms with Crippen LogP contribution in [-0.4, -0.2) is 42.8 Å². The minimum absolute atomic E-state index is 0.199. The number of carbonyl (C=O) groups is 1. The molecule has 0 radical (unpaired) electrons. The average Bonchev–Trinajstić information content (AvgIpc) is 2.97. The van der Waals surface area contributed by atoms with Crippen LogP contribution < -0.4 is 4.74 Å². The first-order valence-electron chi connectivity index (χ1n) is 9.11. The lowest BCUT2D eigenvalue weighted by atomic mass is 10.1. The number of nitrogens with zero attached hydrogens (tertiary/aromatic N) is 1. The third-order valence-corrected chi connectivity index (χ3v) is 4.15. The van der Waals surface area contributed by atoms with Crippen molar-refractivity contribution >= 4 is 16.9 Å². The number of carbonyl (C=O) groups excluding carboxylic acids is 1. The van der Waals surface area contributed by atoms with Crippen molar-refractivity contribution in [3.8, 4) is 5.75 Å². The molecule has 0 spiro atoms. The fraction of sp³-hybridized carbons (Fsp3) is 0.550. The van der Waals surface area contributed by atoms with E-state index in [4.69, 9.17) is 9.47 Å². The average molecular weight is 346 g/mol. The molecule has 2 aromatic rings. The zero-order valence-corrected chi connectivity index (χ0v) is 15.8. The van der Waals surface area contributed by atoms with E-state index in [2.05, 4.69) is 30.9 Å². The van der Waals surface area contributed by atoms with Crippen LogP contribution in [0.5, 0.6) is 5.75 Å². The van der Waals surface area contributed by atoms with Gasteiger partial charge in [0.15, 0.2) is 0 Å². The van der Waals surface area contributed by atoms with Crippen molar-refractivity contribution in [1.82, 2.24) is 9.88 Å². The molecular weight excluding hydrogens is 316 g/mol. The standard InChI is InChI=1S/C20H30N2O3/c1-5-6-7-11-19(23)25-15(2)24-18-10-8-9-17-20(18)16(14-21-17)12-13-22(3)4/h8-10,14-15,21H,5-7,11-13H2,1-4H3. The van der Waals surface area contributed by atoms with Crippen LogP contribution in [0.15, 0.2) is 24.4 Å². The SMILES string of the molecule is CCCCCC(=O)OC(C)Oc1cccc2[nH]cc(CCN(C)C)c12. The maximum Gasteiger partial charge on any atom is 0.308 e. The van der Waals surface area contributed by atoms with E-state index >= 15 is 0 Å². The third kappa shape index (κ3) is 5.78. The second-order valence-corrected chi connectivity index (χ2v) is 6.68. The number of benzene rings is 1. The molecule has 5 nitrogen and oxygen atoms in total. The van der Waals surface area contributed by atoms with Crippen molar-refractivity contribution in [3.05, 3.63) is 30.0 Å². The number of H-pyrrole nitrogens is 1. The number of nitrogens with one attached hydrogen (secondary N) is 1. The molecule has 0 fully saturated rings. The monoisotopic (exact) mass is 346 g/mol. The Hall–Kier alpha value is -2.01. The molecule has 0 aliphatic heterocycles. The van der Waals surface area contributed by atoms with Gasteiger partial charge in [-0.05, 0) is 44.6 Å². The molecule has 1 heterocycles. The van der Waals surface area contributed by atoms with Crippen molar-refractivity contribution in [2.45, 2.75) is 52.2 Å².